The van der Waals surface area contributed by atoms with Crippen LogP contribution in [0.5, 0.6) is 0 Å². The van der Waals surface area contributed by atoms with Crippen LogP contribution >= 0.6 is 0 Å². The highest BCUT2D eigenvalue weighted by Crippen LogP contribution is 2.26. The number of nitrogens with one attached hydrogen (secondary N) is 1. The van der Waals surface area contributed by atoms with Gasteiger partial charge in [-0.3, -0.25) is 0 Å². The van der Waals surface area contributed by atoms with Gasteiger partial charge in [0, 0.05) is 11.4 Å². The number of fused-ring (bicyclic) bond motifs is 1. The first kappa shape index (κ1) is 13.1. The fourth-order valence-corrected chi connectivity index (χ4v) is 2.10. The molecule has 1 unspecified atom stereocenters. The van der Waals surface area contributed by atoms with Crippen molar-refractivity contribution >= 4 is 11.0 Å². The number of rotatable bonds is 4. The van der Waals surface area contributed by atoms with Crippen molar-refractivity contribution in [3.05, 3.63) is 35.1 Å². The lowest BCUT2D eigenvalue weighted by Crippen LogP contribution is -2.31. The lowest BCUT2D eigenvalue weighted by Gasteiger charge is -2.15. The van der Waals surface area contributed by atoms with E-state index in [1.165, 1.54) is 11.1 Å². The third-order valence-corrected chi connectivity index (χ3v) is 3.39. The summed E-state index contributed by atoms with van der Waals surface area (Å²) in [5, 5.41) is 13.5. The monoisotopic (exact) mass is 247 g/mol. The van der Waals surface area contributed by atoms with E-state index in [1.807, 2.05) is 13.8 Å². The smallest absolute Gasteiger partial charge is 0.134 e. The van der Waals surface area contributed by atoms with Crippen molar-refractivity contribution in [2.75, 3.05) is 6.61 Å². The molecule has 0 amide bonds. The average Bonchev–Trinajstić information content (AvgIpc) is 2.72. The molecular weight excluding hydrogens is 226 g/mol. The van der Waals surface area contributed by atoms with Crippen LogP contribution in [0.3, 0.4) is 0 Å². The van der Waals surface area contributed by atoms with E-state index in [1.54, 1.807) is 0 Å². The number of aliphatic hydroxyl groups excluding tert-OH is 1. The second kappa shape index (κ2) is 5.12. The zero-order valence-electron chi connectivity index (χ0n) is 11.4. The Morgan fingerprint density at radius 2 is 1.83 bits per heavy atom. The molecule has 0 spiro atoms. The Hall–Kier alpha value is -1.32. The molecule has 1 aromatic heterocycles. The highest BCUT2D eigenvalue weighted by molar-refractivity contribution is 5.79. The molecule has 3 heteroatoms. The quantitative estimate of drug-likeness (QED) is 0.872. The second-order valence-corrected chi connectivity index (χ2v) is 5.10. The summed E-state index contributed by atoms with van der Waals surface area (Å²) >= 11 is 0. The summed E-state index contributed by atoms with van der Waals surface area (Å²) in [5.41, 5.74) is 3.45. The van der Waals surface area contributed by atoms with E-state index in [0.29, 0.717) is 0 Å². The maximum atomic E-state index is 9.05. The molecule has 3 nitrogen and oxygen atoms in total. The van der Waals surface area contributed by atoms with E-state index < -0.39 is 0 Å². The zero-order valence-corrected chi connectivity index (χ0v) is 11.4. The summed E-state index contributed by atoms with van der Waals surface area (Å²) < 4.78 is 5.87. The van der Waals surface area contributed by atoms with Gasteiger partial charge in [-0.15, -0.1) is 0 Å². The fourth-order valence-electron chi connectivity index (χ4n) is 2.10. The third-order valence-electron chi connectivity index (χ3n) is 3.39. The van der Waals surface area contributed by atoms with Crippen molar-refractivity contribution in [2.24, 2.45) is 0 Å². The highest BCUT2D eigenvalue weighted by atomic mass is 16.3. The molecule has 2 N–H and O–H groups in total. The van der Waals surface area contributed by atoms with Crippen molar-refractivity contribution in [3.8, 4) is 0 Å². The van der Waals surface area contributed by atoms with Crippen LogP contribution in [0, 0.1) is 13.8 Å². The summed E-state index contributed by atoms with van der Waals surface area (Å²) in [6.45, 7) is 8.32. The summed E-state index contributed by atoms with van der Waals surface area (Å²) in [6, 6.07) is 6.47. The minimum Gasteiger partial charge on any atom is -0.459 e. The van der Waals surface area contributed by atoms with Gasteiger partial charge < -0.3 is 14.8 Å². The molecule has 98 valence electrons. The van der Waals surface area contributed by atoms with Gasteiger partial charge in [0.2, 0.25) is 0 Å². The predicted octanol–water partition coefficient (Wildman–Crippen LogP) is 3.08. The van der Waals surface area contributed by atoms with Crippen LogP contribution in [-0.4, -0.2) is 17.8 Å². The predicted molar refractivity (Wildman–Crippen MR) is 73.8 cm³/mol. The van der Waals surface area contributed by atoms with Gasteiger partial charge in [0.05, 0.1) is 12.6 Å². The Labute approximate surface area is 108 Å². The van der Waals surface area contributed by atoms with Crippen molar-refractivity contribution in [1.29, 1.82) is 0 Å². The van der Waals surface area contributed by atoms with Gasteiger partial charge in [0.15, 0.2) is 0 Å². The Balaban J connectivity index is 2.29. The maximum absolute atomic E-state index is 9.05. The van der Waals surface area contributed by atoms with Gasteiger partial charge in [0.25, 0.3) is 0 Å². The van der Waals surface area contributed by atoms with E-state index in [9.17, 15) is 0 Å². The molecule has 2 rings (SSSR count). The van der Waals surface area contributed by atoms with Crippen LogP contribution in [-0.2, 0) is 0 Å². The first-order valence-electron chi connectivity index (χ1n) is 6.39. The molecular formula is C15H21NO2. The lowest BCUT2D eigenvalue weighted by molar-refractivity contribution is 0.239. The molecule has 0 radical (unpaired) electrons. The van der Waals surface area contributed by atoms with E-state index in [4.69, 9.17) is 9.52 Å². The molecule has 2 aromatic rings. The van der Waals surface area contributed by atoms with Gasteiger partial charge in [-0.2, -0.15) is 0 Å². The minimum absolute atomic E-state index is 0.0664. The molecule has 0 saturated carbocycles. The Kier molecular flexibility index (Phi) is 3.73. The Bertz CT molecular complexity index is 506. The topological polar surface area (TPSA) is 45.4 Å². The molecule has 0 aliphatic carbocycles. The van der Waals surface area contributed by atoms with Crippen LogP contribution in [0.15, 0.2) is 22.6 Å². The summed E-state index contributed by atoms with van der Waals surface area (Å²) in [6.07, 6.45) is 0. The number of hydrogen-bond donors (Lipinski definition) is 2. The van der Waals surface area contributed by atoms with E-state index >= 15 is 0 Å². The van der Waals surface area contributed by atoms with Crippen molar-refractivity contribution in [1.82, 2.24) is 5.32 Å². The molecule has 1 heterocycles. The maximum Gasteiger partial charge on any atom is 0.134 e. The first-order chi connectivity index (χ1) is 8.51. The molecule has 0 fully saturated rings. The van der Waals surface area contributed by atoms with Crippen molar-refractivity contribution in [2.45, 2.75) is 39.8 Å². The second-order valence-electron chi connectivity index (χ2n) is 5.10. The number of furan rings is 1. The molecule has 0 aliphatic heterocycles. The SMILES string of the molecule is Cc1cc2cc(C(C)N[C@H](C)CO)oc2cc1C. The highest BCUT2D eigenvalue weighted by Gasteiger charge is 2.14. The van der Waals surface area contributed by atoms with Crippen molar-refractivity contribution < 1.29 is 9.52 Å². The molecule has 0 saturated heterocycles. The largest absolute Gasteiger partial charge is 0.459 e. The molecule has 1 aromatic carbocycles. The van der Waals surface area contributed by atoms with Crippen LogP contribution in [0.1, 0.15) is 36.8 Å². The summed E-state index contributed by atoms with van der Waals surface area (Å²) in [5.74, 6) is 0.912. The molecule has 0 aliphatic rings. The van der Waals surface area contributed by atoms with Gasteiger partial charge in [-0.05, 0) is 57.0 Å². The van der Waals surface area contributed by atoms with Crippen LogP contribution in [0.4, 0.5) is 0 Å². The fraction of sp³-hybridized carbons (Fsp3) is 0.467. The van der Waals surface area contributed by atoms with E-state index in [2.05, 4.69) is 37.4 Å². The zero-order chi connectivity index (χ0) is 13.3. The Morgan fingerprint density at radius 3 is 2.50 bits per heavy atom. The van der Waals surface area contributed by atoms with Crippen LogP contribution in [0.2, 0.25) is 0 Å². The lowest BCUT2D eigenvalue weighted by atomic mass is 10.1. The number of aryl methyl sites for hydroxylation is 2. The average molecular weight is 247 g/mol. The summed E-state index contributed by atoms with van der Waals surface area (Å²) in [4.78, 5) is 0. The third kappa shape index (κ3) is 2.57. The van der Waals surface area contributed by atoms with Crippen LogP contribution < -0.4 is 5.32 Å². The van der Waals surface area contributed by atoms with Gasteiger partial charge in [-0.1, -0.05) is 0 Å². The van der Waals surface area contributed by atoms with Gasteiger partial charge in [0.1, 0.15) is 11.3 Å². The minimum atomic E-state index is 0.0664. The van der Waals surface area contributed by atoms with E-state index in [0.717, 1.165) is 16.7 Å². The van der Waals surface area contributed by atoms with Crippen molar-refractivity contribution in [3.63, 3.8) is 0 Å². The van der Waals surface area contributed by atoms with Gasteiger partial charge in [-0.25, -0.2) is 0 Å². The number of benzene rings is 1. The molecule has 2 atom stereocenters. The number of aliphatic hydroxyl groups is 1. The van der Waals surface area contributed by atoms with Crippen LogP contribution in [0.25, 0.3) is 11.0 Å². The normalized spacial score (nSPS) is 14.9. The van der Waals surface area contributed by atoms with E-state index in [-0.39, 0.29) is 18.7 Å². The molecule has 0 bridgehead atoms. The standard InChI is InChI=1S/C15H21NO2/c1-9-5-13-7-14(12(4)16-11(3)8-17)18-15(13)6-10(9)2/h5-7,11-12,16-17H,8H2,1-4H3/t11-,12?/m1/s1. The first-order valence-corrected chi connectivity index (χ1v) is 6.39. The molecule has 18 heavy (non-hydrogen) atoms. The number of hydrogen-bond acceptors (Lipinski definition) is 3. The van der Waals surface area contributed by atoms with Gasteiger partial charge >= 0.3 is 0 Å². The Morgan fingerprint density at radius 1 is 1.17 bits per heavy atom. The summed E-state index contributed by atoms with van der Waals surface area (Å²) in [7, 11) is 0.